The summed E-state index contributed by atoms with van der Waals surface area (Å²) in [7, 11) is 0. The van der Waals surface area contributed by atoms with Crippen LogP contribution in [0.3, 0.4) is 0 Å². The van der Waals surface area contributed by atoms with E-state index in [1.165, 1.54) is 40.5 Å². The number of allylic oxidation sites excluding steroid dienone is 4. The standard InChI is InChI=1S/C19H22ClN/c1-4-6-16-14(5-2)7-9-18(16)21-12-13(3)17-11-15(20)8-10-19(17)21/h5-6,8,10-12,18H,4,7,9H2,1-3H3/b14-5-,16-6+. The molecule has 1 atom stereocenters. The fourth-order valence-electron chi connectivity index (χ4n) is 3.55. The Balaban J connectivity index is 2.15. The second-order valence-electron chi connectivity index (χ2n) is 5.82. The van der Waals surface area contributed by atoms with Gasteiger partial charge in [-0.3, -0.25) is 0 Å². The highest BCUT2D eigenvalue weighted by Gasteiger charge is 2.27. The summed E-state index contributed by atoms with van der Waals surface area (Å²) in [5.74, 6) is 0. The van der Waals surface area contributed by atoms with E-state index in [-0.39, 0.29) is 0 Å². The van der Waals surface area contributed by atoms with Crippen molar-refractivity contribution in [2.75, 3.05) is 0 Å². The van der Waals surface area contributed by atoms with E-state index < -0.39 is 0 Å². The van der Waals surface area contributed by atoms with Gasteiger partial charge in [-0.1, -0.05) is 30.7 Å². The quantitative estimate of drug-likeness (QED) is 0.620. The third kappa shape index (κ3) is 2.44. The predicted octanol–water partition coefficient (Wildman–Crippen LogP) is 6.22. The minimum absolute atomic E-state index is 0.466. The average molecular weight is 300 g/mol. The van der Waals surface area contributed by atoms with Crippen molar-refractivity contribution >= 4 is 22.5 Å². The van der Waals surface area contributed by atoms with Gasteiger partial charge in [-0.05, 0) is 68.0 Å². The van der Waals surface area contributed by atoms with Gasteiger partial charge in [0.05, 0.1) is 6.04 Å². The van der Waals surface area contributed by atoms with Gasteiger partial charge in [0, 0.05) is 22.1 Å². The maximum absolute atomic E-state index is 6.15. The molecular weight excluding hydrogens is 278 g/mol. The molecule has 2 aromatic rings. The molecule has 1 saturated carbocycles. The van der Waals surface area contributed by atoms with Crippen molar-refractivity contribution in [3.63, 3.8) is 0 Å². The van der Waals surface area contributed by atoms with Gasteiger partial charge in [-0.2, -0.15) is 0 Å². The topological polar surface area (TPSA) is 4.93 Å². The molecular formula is C19H22ClN. The number of aromatic nitrogens is 1. The number of nitrogens with zero attached hydrogens (tertiary/aromatic N) is 1. The minimum Gasteiger partial charge on any atom is -0.340 e. The van der Waals surface area contributed by atoms with E-state index in [0.29, 0.717) is 6.04 Å². The Labute approximate surface area is 131 Å². The van der Waals surface area contributed by atoms with Crippen molar-refractivity contribution in [3.8, 4) is 0 Å². The normalized spacial score (nSPS) is 22.8. The SMILES string of the molecule is C/C=C1/CCC(n2cc(C)c3cc(Cl)ccc32)/C1=C/CC. The molecule has 0 N–H and O–H groups in total. The third-order valence-corrected chi connectivity index (χ3v) is 4.75. The summed E-state index contributed by atoms with van der Waals surface area (Å²) < 4.78 is 2.44. The number of aryl methyl sites for hydroxylation is 1. The Kier molecular flexibility index (Phi) is 3.95. The van der Waals surface area contributed by atoms with Crippen LogP contribution in [-0.4, -0.2) is 4.57 Å². The van der Waals surface area contributed by atoms with Gasteiger partial charge in [0.25, 0.3) is 0 Å². The van der Waals surface area contributed by atoms with Crippen molar-refractivity contribution in [1.82, 2.24) is 4.57 Å². The van der Waals surface area contributed by atoms with E-state index in [1.807, 2.05) is 6.07 Å². The second kappa shape index (κ2) is 5.73. The van der Waals surface area contributed by atoms with Crippen LogP contribution in [0.2, 0.25) is 5.02 Å². The maximum Gasteiger partial charge on any atom is 0.0588 e. The fourth-order valence-corrected chi connectivity index (χ4v) is 3.72. The number of hydrogen-bond donors (Lipinski definition) is 0. The Hall–Kier alpha value is -1.47. The van der Waals surface area contributed by atoms with Crippen LogP contribution >= 0.6 is 11.6 Å². The summed E-state index contributed by atoms with van der Waals surface area (Å²) in [6.45, 7) is 6.54. The van der Waals surface area contributed by atoms with Crippen LogP contribution in [0.5, 0.6) is 0 Å². The van der Waals surface area contributed by atoms with Gasteiger partial charge in [-0.15, -0.1) is 0 Å². The largest absolute Gasteiger partial charge is 0.340 e. The molecule has 1 aliphatic rings. The van der Waals surface area contributed by atoms with Crippen molar-refractivity contribution in [2.45, 2.75) is 46.1 Å². The molecule has 1 aliphatic carbocycles. The van der Waals surface area contributed by atoms with Crippen LogP contribution in [0.4, 0.5) is 0 Å². The van der Waals surface area contributed by atoms with Crippen LogP contribution < -0.4 is 0 Å². The lowest BCUT2D eigenvalue weighted by Crippen LogP contribution is -2.05. The summed E-state index contributed by atoms with van der Waals surface area (Å²) in [4.78, 5) is 0. The number of fused-ring (bicyclic) bond motifs is 1. The maximum atomic E-state index is 6.15. The summed E-state index contributed by atoms with van der Waals surface area (Å²) in [6.07, 6.45) is 10.4. The van der Waals surface area contributed by atoms with E-state index in [9.17, 15) is 0 Å². The summed E-state index contributed by atoms with van der Waals surface area (Å²) in [5, 5.41) is 2.08. The fraction of sp³-hybridized carbons (Fsp3) is 0.368. The number of rotatable bonds is 2. The molecule has 2 heteroatoms. The Morgan fingerprint density at radius 1 is 1.38 bits per heavy atom. The highest BCUT2D eigenvalue weighted by atomic mass is 35.5. The Morgan fingerprint density at radius 3 is 2.90 bits per heavy atom. The molecule has 110 valence electrons. The van der Waals surface area contributed by atoms with E-state index in [4.69, 9.17) is 11.6 Å². The lowest BCUT2D eigenvalue weighted by molar-refractivity contribution is 0.602. The third-order valence-electron chi connectivity index (χ3n) is 4.52. The molecule has 0 amide bonds. The van der Waals surface area contributed by atoms with Crippen LogP contribution in [0, 0.1) is 6.92 Å². The first-order valence-electron chi connectivity index (χ1n) is 7.78. The Bertz CT molecular complexity index is 733. The van der Waals surface area contributed by atoms with Gasteiger partial charge >= 0.3 is 0 Å². The van der Waals surface area contributed by atoms with E-state index >= 15 is 0 Å². The molecule has 0 bridgehead atoms. The zero-order valence-electron chi connectivity index (χ0n) is 13.0. The summed E-state index contributed by atoms with van der Waals surface area (Å²) in [6, 6.07) is 6.70. The average Bonchev–Trinajstić information content (AvgIpc) is 3.01. The first-order valence-corrected chi connectivity index (χ1v) is 8.15. The van der Waals surface area contributed by atoms with E-state index in [2.05, 4.69) is 55.8 Å². The van der Waals surface area contributed by atoms with Gasteiger partial charge in [0.1, 0.15) is 0 Å². The lowest BCUT2D eigenvalue weighted by Gasteiger charge is -2.17. The van der Waals surface area contributed by atoms with Crippen molar-refractivity contribution in [2.24, 2.45) is 0 Å². The van der Waals surface area contributed by atoms with E-state index in [1.54, 1.807) is 0 Å². The molecule has 1 unspecified atom stereocenters. The molecule has 21 heavy (non-hydrogen) atoms. The van der Waals surface area contributed by atoms with Crippen molar-refractivity contribution < 1.29 is 0 Å². The molecule has 1 aromatic carbocycles. The molecule has 0 radical (unpaired) electrons. The van der Waals surface area contributed by atoms with Crippen molar-refractivity contribution in [3.05, 3.63) is 58.3 Å². The molecule has 3 rings (SSSR count). The highest BCUT2D eigenvalue weighted by molar-refractivity contribution is 6.31. The Morgan fingerprint density at radius 2 is 2.19 bits per heavy atom. The highest BCUT2D eigenvalue weighted by Crippen LogP contribution is 2.42. The van der Waals surface area contributed by atoms with Gasteiger partial charge in [-0.25, -0.2) is 0 Å². The zero-order chi connectivity index (χ0) is 15.0. The summed E-state index contributed by atoms with van der Waals surface area (Å²) in [5.41, 5.74) is 5.61. The number of halogens is 1. The first-order chi connectivity index (χ1) is 10.2. The smallest absolute Gasteiger partial charge is 0.0588 e. The van der Waals surface area contributed by atoms with Gasteiger partial charge in [0.2, 0.25) is 0 Å². The van der Waals surface area contributed by atoms with Crippen LogP contribution in [0.25, 0.3) is 10.9 Å². The first kappa shape index (κ1) is 14.5. The monoisotopic (exact) mass is 299 g/mol. The zero-order valence-corrected chi connectivity index (χ0v) is 13.7. The van der Waals surface area contributed by atoms with Gasteiger partial charge < -0.3 is 4.57 Å². The molecule has 0 saturated heterocycles. The number of benzene rings is 1. The van der Waals surface area contributed by atoms with Crippen LogP contribution in [0.1, 0.15) is 44.7 Å². The molecule has 1 heterocycles. The van der Waals surface area contributed by atoms with Gasteiger partial charge in [0.15, 0.2) is 0 Å². The molecule has 0 aliphatic heterocycles. The number of hydrogen-bond acceptors (Lipinski definition) is 0. The molecule has 0 spiro atoms. The van der Waals surface area contributed by atoms with E-state index in [0.717, 1.165) is 11.4 Å². The molecule has 1 aromatic heterocycles. The summed E-state index contributed by atoms with van der Waals surface area (Å²) >= 11 is 6.15. The lowest BCUT2D eigenvalue weighted by atomic mass is 10.1. The minimum atomic E-state index is 0.466. The van der Waals surface area contributed by atoms with Crippen LogP contribution in [-0.2, 0) is 0 Å². The molecule has 1 nitrogen and oxygen atoms in total. The molecule has 1 fully saturated rings. The van der Waals surface area contributed by atoms with Crippen molar-refractivity contribution in [1.29, 1.82) is 0 Å². The predicted molar refractivity (Wildman–Crippen MR) is 92.1 cm³/mol. The second-order valence-corrected chi connectivity index (χ2v) is 6.25. The van der Waals surface area contributed by atoms with Crippen LogP contribution in [0.15, 0.2) is 47.7 Å².